The number of rotatable bonds is 9. The van der Waals surface area contributed by atoms with Crippen LogP contribution >= 0.6 is 0 Å². The Kier molecular flexibility index (Phi) is 8.49. The minimum Gasteiger partial charge on any atom is -0.461 e. The van der Waals surface area contributed by atoms with Gasteiger partial charge in [-0.2, -0.15) is 0 Å². The first-order valence-corrected chi connectivity index (χ1v) is 14.2. The number of ether oxygens (including phenoxy) is 2. The Bertz CT molecular complexity index is 1360. The molecular weight excluding hydrogens is 494 g/mol. The number of pyridine rings is 1. The molecule has 3 aromatic rings. The van der Waals surface area contributed by atoms with Gasteiger partial charge >= 0.3 is 5.97 Å². The number of benzene rings is 1. The molecule has 9 heteroatoms. The van der Waals surface area contributed by atoms with Crippen molar-refractivity contribution in [2.24, 2.45) is 5.92 Å². The summed E-state index contributed by atoms with van der Waals surface area (Å²) in [5, 5.41) is 3.44. The van der Waals surface area contributed by atoms with Crippen LogP contribution in [-0.4, -0.2) is 70.4 Å². The number of hydrogen-bond donors (Lipinski definition) is 2. The number of aromatic nitrogens is 3. The Morgan fingerprint density at radius 2 is 2.05 bits per heavy atom. The molecule has 0 bridgehead atoms. The lowest BCUT2D eigenvalue weighted by molar-refractivity contribution is -0.152. The summed E-state index contributed by atoms with van der Waals surface area (Å²) >= 11 is 0. The van der Waals surface area contributed by atoms with Crippen molar-refractivity contribution >= 4 is 17.0 Å². The van der Waals surface area contributed by atoms with Crippen LogP contribution in [0.15, 0.2) is 35.3 Å². The topological polar surface area (TPSA) is 101 Å². The lowest BCUT2D eigenvalue weighted by Gasteiger charge is -2.30. The van der Waals surface area contributed by atoms with Gasteiger partial charge in [0.05, 0.1) is 30.3 Å². The van der Waals surface area contributed by atoms with Crippen molar-refractivity contribution in [1.29, 1.82) is 0 Å². The SMILES string of the molecule is Cc1cc(-c2nc3cc(CNC(C(=O)OC4CCCC4)C(C)C)ccc3n2CC2CN(C)CCO2)c[nH]c1=O. The maximum Gasteiger partial charge on any atom is 0.323 e. The summed E-state index contributed by atoms with van der Waals surface area (Å²) in [4.78, 5) is 35.1. The molecule has 2 aliphatic rings. The van der Waals surface area contributed by atoms with Crippen LogP contribution in [0, 0.1) is 12.8 Å². The second kappa shape index (κ2) is 12.0. The van der Waals surface area contributed by atoms with Gasteiger partial charge in [0, 0.05) is 37.0 Å². The van der Waals surface area contributed by atoms with Crippen molar-refractivity contribution in [1.82, 2.24) is 24.8 Å². The monoisotopic (exact) mass is 535 g/mol. The zero-order valence-electron chi connectivity index (χ0n) is 23.5. The first-order chi connectivity index (χ1) is 18.8. The van der Waals surface area contributed by atoms with E-state index in [4.69, 9.17) is 14.5 Å². The molecular formula is C30H41N5O4. The van der Waals surface area contributed by atoms with Crippen LogP contribution in [0.2, 0.25) is 0 Å². The Morgan fingerprint density at radius 3 is 2.77 bits per heavy atom. The summed E-state index contributed by atoms with van der Waals surface area (Å²) in [5.41, 5.74) is 4.33. The van der Waals surface area contributed by atoms with Gasteiger partial charge < -0.3 is 29.2 Å². The van der Waals surface area contributed by atoms with Crippen LogP contribution in [0.1, 0.15) is 50.7 Å². The fraction of sp³-hybridized carbons (Fsp3) is 0.567. The van der Waals surface area contributed by atoms with Gasteiger partial charge in [0.25, 0.3) is 5.56 Å². The number of morpholine rings is 1. The minimum atomic E-state index is -0.362. The number of hydrogen-bond acceptors (Lipinski definition) is 7. The first kappa shape index (κ1) is 27.6. The van der Waals surface area contributed by atoms with Gasteiger partial charge in [-0.05, 0) is 69.3 Å². The molecule has 2 aromatic heterocycles. The average molecular weight is 536 g/mol. The summed E-state index contributed by atoms with van der Waals surface area (Å²) in [6.45, 7) is 9.57. The number of H-pyrrole nitrogens is 1. The highest BCUT2D eigenvalue weighted by atomic mass is 16.5. The third-order valence-electron chi connectivity index (χ3n) is 7.92. The van der Waals surface area contributed by atoms with Crippen molar-refractivity contribution in [3.63, 3.8) is 0 Å². The average Bonchev–Trinajstić information content (AvgIpc) is 3.53. The highest BCUT2D eigenvalue weighted by Crippen LogP contribution is 2.27. The molecule has 0 amide bonds. The summed E-state index contributed by atoms with van der Waals surface area (Å²) < 4.78 is 14.1. The number of esters is 1. The molecule has 1 saturated heterocycles. The number of nitrogens with one attached hydrogen (secondary N) is 2. The van der Waals surface area contributed by atoms with E-state index in [1.54, 1.807) is 13.1 Å². The maximum absolute atomic E-state index is 12.9. The maximum atomic E-state index is 12.9. The Hall–Kier alpha value is -3.01. The normalized spacial score (nSPS) is 19.7. The van der Waals surface area contributed by atoms with E-state index in [1.165, 1.54) is 0 Å². The van der Waals surface area contributed by atoms with Crippen LogP contribution in [0.3, 0.4) is 0 Å². The third-order valence-corrected chi connectivity index (χ3v) is 7.92. The van der Waals surface area contributed by atoms with E-state index in [-0.39, 0.29) is 35.7 Å². The lowest BCUT2D eigenvalue weighted by Crippen LogP contribution is -2.42. The van der Waals surface area contributed by atoms with Gasteiger partial charge in [0.1, 0.15) is 18.0 Å². The summed E-state index contributed by atoms with van der Waals surface area (Å²) in [5.74, 6) is 0.757. The molecule has 9 nitrogen and oxygen atoms in total. The largest absolute Gasteiger partial charge is 0.461 e. The molecule has 1 aliphatic carbocycles. The van der Waals surface area contributed by atoms with Crippen LogP contribution in [0.5, 0.6) is 0 Å². The molecule has 2 atom stereocenters. The number of nitrogens with zero attached hydrogens (tertiary/aromatic N) is 3. The van der Waals surface area contributed by atoms with Crippen LogP contribution in [0.25, 0.3) is 22.4 Å². The molecule has 1 saturated carbocycles. The molecule has 39 heavy (non-hydrogen) atoms. The Labute approximate surface area is 229 Å². The first-order valence-electron chi connectivity index (χ1n) is 14.2. The standard InChI is InChI=1S/C30H41N5O4/c1-19(2)27(30(37)39-23-7-5-6-8-23)31-15-21-9-10-26-25(14-21)33-28(22-13-20(3)29(36)32-16-22)35(26)18-24-17-34(4)11-12-38-24/h9-10,13-14,16,19,23-24,27,31H,5-8,11-12,15,17-18H2,1-4H3,(H,32,36). The summed E-state index contributed by atoms with van der Waals surface area (Å²) in [7, 11) is 2.11. The van der Waals surface area contributed by atoms with Crippen molar-refractivity contribution in [3.8, 4) is 11.4 Å². The minimum absolute atomic E-state index is 0.0442. The molecule has 2 fully saturated rings. The molecule has 5 rings (SSSR count). The predicted octanol–water partition coefficient (Wildman–Crippen LogP) is 3.63. The smallest absolute Gasteiger partial charge is 0.323 e. The molecule has 210 valence electrons. The molecule has 1 aliphatic heterocycles. The van der Waals surface area contributed by atoms with E-state index in [2.05, 4.69) is 45.0 Å². The molecule has 3 heterocycles. The predicted molar refractivity (Wildman–Crippen MR) is 152 cm³/mol. The number of imidazole rings is 1. The van der Waals surface area contributed by atoms with Crippen molar-refractivity contribution < 1.29 is 14.3 Å². The molecule has 2 unspecified atom stereocenters. The van der Waals surface area contributed by atoms with E-state index in [9.17, 15) is 9.59 Å². The second-order valence-corrected chi connectivity index (χ2v) is 11.5. The van der Waals surface area contributed by atoms with Crippen LogP contribution in [0.4, 0.5) is 0 Å². The fourth-order valence-corrected chi connectivity index (χ4v) is 5.66. The molecule has 2 N–H and O–H groups in total. The van der Waals surface area contributed by atoms with E-state index >= 15 is 0 Å². The van der Waals surface area contributed by atoms with Gasteiger partial charge in [0.15, 0.2) is 0 Å². The molecule has 0 spiro atoms. The van der Waals surface area contributed by atoms with Crippen LogP contribution < -0.4 is 10.9 Å². The number of carbonyl (C=O) groups excluding carboxylic acids is 1. The second-order valence-electron chi connectivity index (χ2n) is 11.5. The molecule has 1 aromatic carbocycles. The fourth-order valence-electron chi connectivity index (χ4n) is 5.66. The van der Waals surface area contributed by atoms with Crippen molar-refractivity contribution in [2.75, 3.05) is 26.7 Å². The number of carbonyl (C=O) groups is 1. The number of aryl methyl sites for hydroxylation is 1. The zero-order chi connectivity index (χ0) is 27.5. The quantitative estimate of drug-likeness (QED) is 0.404. The van der Waals surface area contributed by atoms with Gasteiger partial charge in [-0.15, -0.1) is 0 Å². The highest BCUT2D eigenvalue weighted by molar-refractivity contribution is 5.81. The van der Waals surface area contributed by atoms with Gasteiger partial charge in [-0.1, -0.05) is 19.9 Å². The number of likely N-dealkylation sites (N-methyl/N-ethyl adjacent to an activating group) is 1. The van der Waals surface area contributed by atoms with E-state index in [0.29, 0.717) is 25.3 Å². The number of fused-ring (bicyclic) bond motifs is 1. The third kappa shape index (κ3) is 6.42. The molecule has 0 radical (unpaired) electrons. The van der Waals surface area contributed by atoms with Crippen molar-refractivity contribution in [2.45, 2.75) is 77.8 Å². The Morgan fingerprint density at radius 1 is 1.26 bits per heavy atom. The van der Waals surface area contributed by atoms with E-state index in [1.807, 2.05) is 19.9 Å². The van der Waals surface area contributed by atoms with Gasteiger partial charge in [0.2, 0.25) is 0 Å². The summed E-state index contributed by atoms with van der Waals surface area (Å²) in [6.07, 6.45) is 6.03. The van der Waals surface area contributed by atoms with Crippen LogP contribution in [-0.2, 0) is 27.4 Å². The summed E-state index contributed by atoms with van der Waals surface area (Å²) in [6, 6.07) is 7.78. The van der Waals surface area contributed by atoms with E-state index < -0.39 is 0 Å². The highest BCUT2D eigenvalue weighted by Gasteiger charge is 2.28. The van der Waals surface area contributed by atoms with Gasteiger partial charge in [-0.25, -0.2) is 4.98 Å². The lowest BCUT2D eigenvalue weighted by atomic mass is 10.0. The van der Waals surface area contributed by atoms with E-state index in [0.717, 1.165) is 66.8 Å². The van der Waals surface area contributed by atoms with Gasteiger partial charge in [-0.3, -0.25) is 9.59 Å². The zero-order valence-corrected chi connectivity index (χ0v) is 23.5. The Balaban J connectivity index is 1.40. The number of aromatic amines is 1. The van der Waals surface area contributed by atoms with Crippen molar-refractivity contribution in [3.05, 3.63) is 51.9 Å².